The summed E-state index contributed by atoms with van der Waals surface area (Å²) in [5.41, 5.74) is 3.59. The zero-order valence-electron chi connectivity index (χ0n) is 20.2. The molecule has 2 fully saturated rings. The first kappa shape index (κ1) is 23.7. The Morgan fingerprint density at radius 3 is 2.26 bits per heavy atom. The summed E-state index contributed by atoms with van der Waals surface area (Å²) in [6, 6.07) is 9.04. The lowest BCUT2D eigenvalue weighted by Crippen LogP contribution is -2.48. The number of aromatic nitrogens is 1. The van der Waals surface area contributed by atoms with Crippen LogP contribution in [0.2, 0.25) is 0 Å². The number of likely N-dealkylation sites (tertiary alicyclic amines) is 1. The maximum absolute atomic E-state index is 13.3. The zero-order chi connectivity index (χ0) is 24.5. The molecule has 2 aliphatic rings. The Hall–Kier alpha value is -3.46. The number of hydrogen-bond donors (Lipinski definition) is 0. The van der Waals surface area contributed by atoms with Crippen LogP contribution >= 0.6 is 0 Å². The summed E-state index contributed by atoms with van der Waals surface area (Å²) in [6.07, 6.45) is 2.02. The fourth-order valence-corrected chi connectivity index (χ4v) is 5.50. The third-order valence-corrected chi connectivity index (χ3v) is 7.16. The summed E-state index contributed by atoms with van der Waals surface area (Å²) in [5.74, 6) is 5.49. The van der Waals surface area contributed by atoms with Crippen LogP contribution < -0.4 is 4.74 Å². The topological polar surface area (TPSA) is 76.6 Å². The molecule has 0 unspecified atom stereocenters. The molecule has 4 rings (SSSR count). The fourth-order valence-electron chi connectivity index (χ4n) is 5.50. The largest absolute Gasteiger partial charge is 0.481 e. The van der Waals surface area contributed by atoms with E-state index in [-0.39, 0.29) is 22.9 Å². The van der Waals surface area contributed by atoms with Gasteiger partial charge in [-0.25, -0.2) is 4.98 Å². The van der Waals surface area contributed by atoms with Gasteiger partial charge in [0.05, 0.1) is 7.11 Å². The van der Waals surface area contributed by atoms with Crippen molar-refractivity contribution in [1.82, 2.24) is 9.88 Å². The number of aryl methyl sites for hydroxylation is 2. The molecular formula is C28H30N2O4. The van der Waals surface area contributed by atoms with Gasteiger partial charge < -0.3 is 9.64 Å². The summed E-state index contributed by atoms with van der Waals surface area (Å²) in [5, 5.41) is 0. The van der Waals surface area contributed by atoms with Crippen molar-refractivity contribution in [2.45, 2.75) is 52.4 Å². The first-order valence-electron chi connectivity index (χ1n) is 11.7. The highest BCUT2D eigenvalue weighted by Crippen LogP contribution is 2.46. The number of carbonyl (C=O) groups excluding carboxylic acids is 3. The van der Waals surface area contributed by atoms with Gasteiger partial charge in [-0.05, 0) is 73.9 Å². The number of hydrogen-bond acceptors (Lipinski definition) is 5. The zero-order valence-corrected chi connectivity index (χ0v) is 20.2. The first-order chi connectivity index (χ1) is 16.3. The number of benzene rings is 1. The van der Waals surface area contributed by atoms with E-state index >= 15 is 0 Å². The smallest absolute Gasteiger partial charge is 0.272 e. The lowest BCUT2D eigenvalue weighted by atomic mass is 9.62. The Morgan fingerprint density at radius 2 is 1.71 bits per heavy atom. The van der Waals surface area contributed by atoms with E-state index in [4.69, 9.17) is 4.74 Å². The van der Waals surface area contributed by atoms with Crippen LogP contribution in [0, 0.1) is 31.1 Å². The predicted molar refractivity (Wildman–Crippen MR) is 129 cm³/mol. The van der Waals surface area contributed by atoms with Crippen molar-refractivity contribution in [3.8, 4) is 17.7 Å². The molecule has 1 aliphatic carbocycles. The molecule has 1 amide bonds. The Balaban J connectivity index is 1.48. The van der Waals surface area contributed by atoms with Crippen LogP contribution in [0.5, 0.6) is 5.88 Å². The van der Waals surface area contributed by atoms with Gasteiger partial charge >= 0.3 is 0 Å². The SMILES string of the molecule is CC#Cc1cc(C)c(C2C(=O)CC3(CCN(C(=O)c4cccc(OC)n4)CC3)CC2=O)c(C)c1. The first-order valence-corrected chi connectivity index (χ1v) is 11.7. The number of rotatable bonds is 3. The van der Waals surface area contributed by atoms with Crippen LogP contribution in [-0.2, 0) is 9.59 Å². The molecule has 0 radical (unpaired) electrons. The number of amides is 1. The number of ether oxygens (including phenoxy) is 1. The van der Waals surface area contributed by atoms with Crippen molar-refractivity contribution in [2.24, 2.45) is 5.41 Å². The van der Waals surface area contributed by atoms with Crippen molar-refractivity contribution in [2.75, 3.05) is 20.2 Å². The monoisotopic (exact) mass is 458 g/mol. The van der Waals surface area contributed by atoms with Crippen molar-refractivity contribution < 1.29 is 19.1 Å². The summed E-state index contributed by atoms with van der Waals surface area (Å²) in [7, 11) is 1.52. The van der Waals surface area contributed by atoms with E-state index < -0.39 is 5.92 Å². The molecule has 1 saturated carbocycles. The summed E-state index contributed by atoms with van der Waals surface area (Å²) < 4.78 is 5.12. The van der Waals surface area contributed by atoms with Crippen LogP contribution in [0.3, 0.4) is 0 Å². The Bertz CT molecular complexity index is 1170. The van der Waals surface area contributed by atoms with E-state index in [1.165, 1.54) is 7.11 Å². The quantitative estimate of drug-likeness (QED) is 0.513. The number of nitrogens with zero attached hydrogens (tertiary/aromatic N) is 2. The van der Waals surface area contributed by atoms with Gasteiger partial charge in [-0.15, -0.1) is 5.92 Å². The summed E-state index contributed by atoms with van der Waals surface area (Å²) in [6.45, 7) is 6.70. The van der Waals surface area contributed by atoms with Gasteiger partial charge in [-0.2, -0.15) is 0 Å². The van der Waals surface area contributed by atoms with Gasteiger partial charge in [-0.1, -0.05) is 12.0 Å². The van der Waals surface area contributed by atoms with Gasteiger partial charge in [0.1, 0.15) is 23.2 Å². The third-order valence-electron chi connectivity index (χ3n) is 7.16. The highest BCUT2D eigenvalue weighted by molar-refractivity contribution is 6.10. The third kappa shape index (κ3) is 4.48. The molecule has 6 nitrogen and oxygen atoms in total. The number of carbonyl (C=O) groups is 3. The van der Waals surface area contributed by atoms with Crippen molar-refractivity contribution >= 4 is 17.5 Å². The van der Waals surface area contributed by atoms with Crippen LogP contribution in [0.4, 0.5) is 0 Å². The highest BCUT2D eigenvalue weighted by atomic mass is 16.5. The second-order valence-electron chi connectivity index (χ2n) is 9.48. The number of methoxy groups -OCH3 is 1. The number of ketones is 2. The molecule has 1 saturated heterocycles. The molecule has 0 bridgehead atoms. The fraction of sp³-hybridized carbons (Fsp3) is 0.429. The average Bonchev–Trinajstić information content (AvgIpc) is 2.80. The molecule has 1 aromatic carbocycles. The Labute approximate surface area is 200 Å². The van der Waals surface area contributed by atoms with E-state index in [1.807, 2.05) is 26.0 Å². The van der Waals surface area contributed by atoms with Gasteiger partial charge in [0.2, 0.25) is 5.88 Å². The van der Waals surface area contributed by atoms with Crippen LogP contribution in [0.15, 0.2) is 30.3 Å². The molecule has 1 aromatic heterocycles. The highest BCUT2D eigenvalue weighted by Gasteiger charge is 2.47. The Kier molecular flexibility index (Phi) is 6.56. The predicted octanol–water partition coefficient (Wildman–Crippen LogP) is 4.02. The van der Waals surface area contributed by atoms with Gasteiger partial charge in [0.15, 0.2) is 0 Å². The second-order valence-corrected chi connectivity index (χ2v) is 9.48. The number of pyridine rings is 1. The summed E-state index contributed by atoms with van der Waals surface area (Å²) >= 11 is 0. The van der Waals surface area contributed by atoms with Crippen LogP contribution in [-0.4, -0.2) is 47.6 Å². The maximum Gasteiger partial charge on any atom is 0.272 e. The molecule has 0 N–H and O–H groups in total. The lowest BCUT2D eigenvalue weighted by Gasteiger charge is -2.44. The molecule has 2 aromatic rings. The molecule has 34 heavy (non-hydrogen) atoms. The van der Waals surface area contributed by atoms with Crippen LogP contribution in [0.25, 0.3) is 0 Å². The lowest BCUT2D eigenvalue weighted by molar-refractivity contribution is -0.138. The van der Waals surface area contributed by atoms with Gasteiger partial charge in [0, 0.05) is 37.6 Å². The minimum atomic E-state index is -0.699. The molecule has 1 aliphatic heterocycles. The summed E-state index contributed by atoms with van der Waals surface area (Å²) in [4.78, 5) is 45.6. The van der Waals surface area contributed by atoms with E-state index in [1.54, 1.807) is 30.0 Å². The van der Waals surface area contributed by atoms with E-state index in [9.17, 15) is 14.4 Å². The second kappa shape index (κ2) is 9.42. The van der Waals surface area contributed by atoms with Gasteiger partial charge in [-0.3, -0.25) is 14.4 Å². The Morgan fingerprint density at radius 1 is 1.09 bits per heavy atom. The molecule has 6 heteroatoms. The molecule has 2 heterocycles. The minimum Gasteiger partial charge on any atom is -0.481 e. The van der Waals surface area contributed by atoms with Gasteiger partial charge in [0.25, 0.3) is 5.91 Å². The van der Waals surface area contributed by atoms with Crippen molar-refractivity contribution in [3.05, 3.63) is 58.3 Å². The van der Waals surface area contributed by atoms with Crippen molar-refractivity contribution in [1.29, 1.82) is 0 Å². The standard InChI is InChI=1S/C28H30N2O4/c1-5-7-20-14-18(2)25(19(3)15-20)26-22(31)16-28(17-23(26)32)10-12-30(13-11-28)27(33)21-8-6-9-24(29-21)34-4/h6,8-9,14-15,26H,10-13,16-17H2,1-4H3. The van der Waals surface area contributed by atoms with E-state index in [0.29, 0.717) is 50.3 Å². The minimum absolute atomic E-state index is 0.00832. The number of Topliss-reactive ketones (excluding diaryl/α,β-unsaturated/α-hetero) is 2. The van der Waals surface area contributed by atoms with E-state index in [0.717, 1.165) is 22.3 Å². The average molecular weight is 459 g/mol. The number of piperidine rings is 1. The maximum atomic E-state index is 13.3. The molecule has 176 valence electrons. The molecule has 0 atom stereocenters. The van der Waals surface area contributed by atoms with E-state index in [2.05, 4.69) is 16.8 Å². The van der Waals surface area contributed by atoms with Crippen LogP contribution in [0.1, 0.15) is 71.3 Å². The van der Waals surface area contributed by atoms with Crippen molar-refractivity contribution in [3.63, 3.8) is 0 Å². The normalized spacial score (nSPS) is 17.9. The molecular weight excluding hydrogens is 428 g/mol. The molecule has 1 spiro atoms.